The molecule has 110 valence electrons. The molecule has 0 aliphatic carbocycles. The number of hydrogen-bond donors (Lipinski definition) is 2. The second-order valence-electron chi connectivity index (χ2n) is 5.24. The molecule has 2 N–H and O–H groups in total. The molecular formula is C17H20ClN2O+. The molecule has 1 atom stereocenters. The first kappa shape index (κ1) is 15.5. The summed E-state index contributed by atoms with van der Waals surface area (Å²) in [4.78, 5) is 5.79. The molecule has 0 aliphatic heterocycles. The van der Waals surface area contributed by atoms with Gasteiger partial charge in [-0.15, -0.1) is 0 Å². The summed E-state index contributed by atoms with van der Waals surface area (Å²) in [6.07, 6.45) is 1.68. The fraction of sp³-hybridized carbons (Fsp3) is 0.235. The minimum Gasteiger partial charge on any atom is -0.507 e. The number of rotatable bonds is 5. The van der Waals surface area contributed by atoms with Crippen LogP contribution >= 0.6 is 11.6 Å². The maximum atomic E-state index is 9.77. The molecular weight excluding hydrogens is 284 g/mol. The number of nitrogens with one attached hydrogen (secondary N) is 1. The van der Waals surface area contributed by atoms with Gasteiger partial charge in [0.05, 0.1) is 20.6 Å². The minimum atomic E-state index is 0.191. The number of quaternary nitrogens is 1. The van der Waals surface area contributed by atoms with Crippen LogP contribution in [0.25, 0.3) is 0 Å². The normalized spacial score (nSPS) is 13.0. The molecule has 0 aliphatic rings. The number of benzene rings is 2. The van der Waals surface area contributed by atoms with Gasteiger partial charge in [0.25, 0.3) is 0 Å². The summed E-state index contributed by atoms with van der Waals surface area (Å²) >= 11 is 5.93. The van der Waals surface area contributed by atoms with Crippen molar-refractivity contribution in [2.45, 2.75) is 6.04 Å². The SMILES string of the molecule is C[NH+](C)[C@H](CN=Cc1cc(Cl)ccc1O)c1ccccc1. The average Bonchev–Trinajstić information content (AvgIpc) is 2.47. The van der Waals surface area contributed by atoms with Crippen LogP contribution in [-0.4, -0.2) is 32.0 Å². The Hall–Kier alpha value is -1.84. The lowest BCUT2D eigenvalue weighted by molar-refractivity contribution is -0.890. The van der Waals surface area contributed by atoms with E-state index >= 15 is 0 Å². The Bertz CT molecular complexity index is 611. The number of halogens is 1. The van der Waals surface area contributed by atoms with Crippen molar-refractivity contribution in [2.24, 2.45) is 4.99 Å². The Labute approximate surface area is 130 Å². The van der Waals surface area contributed by atoms with E-state index in [0.29, 0.717) is 17.1 Å². The first-order chi connectivity index (χ1) is 10.1. The molecule has 0 heterocycles. The molecule has 0 aromatic heterocycles. The van der Waals surface area contributed by atoms with E-state index < -0.39 is 0 Å². The average molecular weight is 304 g/mol. The predicted octanol–water partition coefficient (Wildman–Crippen LogP) is 2.35. The second kappa shape index (κ2) is 7.25. The van der Waals surface area contributed by atoms with Crippen molar-refractivity contribution in [2.75, 3.05) is 20.6 Å². The van der Waals surface area contributed by atoms with Gasteiger partial charge < -0.3 is 10.0 Å². The van der Waals surface area contributed by atoms with Crippen molar-refractivity contribution in [1.82, 2.24) is 0 Å². The highest BCUT2D eigenvalue weighted by Crippen LogP contribution is 2.19. The van der Waals surface area contributed by atoms with Crippen LogP contribution in [0.4, 0.5) is 0 Å². The van der Waals surface area contributed by atoms with E-state index in [1.807, 2.05) is 18.2 Å². The third-order valence-corrected chi connectivity index (χ3v) is 3.64. The van der Waals surface area contributed by atoms with Crippen molar-refractivity contribution >= 4 is 17.8 Å². The third kappa shape index (κ3) is 4.31. The second-order valence-corrected chi connectivity index (χ2v) is 5.67. The zero-order valence-electron chi connectivity index (χ0n) is 12.3. The summed E-state index contributed by atoms with van der Waals surface area (Å²) in [6, 6.07) is 15.5. The molecule has 2 rings (SSSR count). The van der Waals surface area contributed by atoms with Gasteiger partial charge >= 0.3 is 0 Å². The Morgan fingerprint density at radius 2 is 1.90 bits per heavy atom. The highest BCUT2D eigenvalue weighted by atomic mass is 35.5. The Morgan fingerprint density at radius 1 is 1.19 bits per heavy atom. The van der Waals surface area contributed by atoms with Crippen LogP contribution in [-0.2, 0) is 0 Å². The number of phenols is 1. The van der Waals surface area contributed by atoms with Crippen LogP contribution in [0.15, 0.2) is 53.5 Å². The lowest BCUT2D eigenvalue weighted by Gasteiger charge is -2.19. The topological polar surface area (TPSA) is 37.0 Å². The van der Waals surface area contributed by atoms with E-state index in [9.17, 15) is 5.11 Å². The Balaban J connectivity index is 2.12. The molecule has 0 bridgehead atoms. The number of aromatic hydroxyl groups is 1. The van der Waals surface area contributed by atoms with Gasteiger partial charge in [-0.25, -0.2) is 0 Å². The van der Waals surface area contributed by atoms with Crippen molar-refractivity contribution < 1.29 is 10.0 Å². The van der Waals surface area contributed by atoms with E-state index in [-0.39, 0.29) is 11.8 Å². The molecule has 21 heavy (non-hydrogen) atoms. The zero-order valence-corrected chi connectivity index (χ0v) is 13.0. The number of hydrogen-bond acceptors (Lipinski definition) is 2. The maximum Gasteiger partial charge on any atom is 0.132 e. The van der Waals surface area contributed by atoms with Crippen LogP contribution in [0.2, 0.25) is 5.02 Å². The van der Waals surface area contributed by atoms with Gasteiger partial charge in [0.1, 0.15) is 11.8 Å². The highest BCUT2D eigenvalue weighted by Gasteiger charge is 2.16. The Kier molecular flexibility index (Phi) is 5.37. The molecule has 0 saturated carbocycles. The van der Waals surface area contributed by atoms with Gasteiger partial charge in [0, 0.05) is 22.4 Å². The fourth-order valence-corrected chi connectivity index (χ4v) is 2.37. The van der Waals surface area contributed by atoms with E-state index in [4.69, 9.17) is 11.6 Å². The zero-order chi connectivity index (χ0) is 15.2. The van der Waals surface area contributed by atoms with Crippen LogP contribution in [0.1, 0.15) is 17.2 Å². The first-order valence-electron chi connectivity index (χ1n) is 6.91. The number of aliphatic imine (C=N–C) groups is 1. The number of likely N-dealkylation sites (N-methyl/N-ethyl adjacent to an activating group) is 1. The summed E-state index contributed by atoms with van der Waals surface area (Å²) in [6.45, 7) is 0.651. The number of nitrogens with zero attached hydrogens (tertiary/aromatic N) is 1. The summed E-state index contributed by atoms with van der Waals surface area (Å²) in [5.74, 6) is 0.191. The van der Waals surface area contributed by atoms with Gasteiger partial charge in [-0.2, -0.15) is 0 Å². The van der Waals surface area contributed by atoms with Crippen molar-refractivity contribution in [1.29, 1.82) is 0 Å². The van der Waals surface area contributed by atoms with Crippen LogP contribution in [0, 0.1) is 0 Å². The van der Waals surface area contributed by atoms with Crippen LogP contribution in [0.3, 0.4) is 0 Å². The molecule has 0 amide bonds. The van der Waals surface area contributed by atoms with Crippen LogP contribution in [0.5, 0.6) is 5.75 Å². The minimum absolute atomic E-state index is 0.191. The summed E-state index contributed by atoms with van der Waals surface area (Å²) in [5, 5.41) is 10.4. The summed E-state index contributed by atoms with van der Waals surface area (Å²) in [5.41, 5.74) is 1.90. The standard InChI is InChI=1S/C17H19ClN2O/c1-20(2)16(13-6-4-3-5-7-13)12-19-11-14-10-15(18)8-9-17(14)21/h3-11,16,21H,12H2,1-2H3/p+1/t16-/m1/s1. The van der Waals surface area contributed by atoms with Crippen LogP contribution < -0.4 is 4.90 Å². The maximum absolute atomic E-state index is 9.77. The molecule has 3 nitrogen and oxygen atoms in total. The fourth-order valence-electron chi connectivity index (χ4n) is 2.19. The molecule has 2 aromatic rings. The molecule has 0 unspecified atom stereocenters. The molecule has 0 fully saturated rings. The predicted molar refractivity (Wildman–Crippen MR) is 87.6 cm³/mol. The molecule has 4 heteroatoms. The highest BCUT2D eigenvalue weighted by molar-refractivity contribution is 6.30. The third-order valence-electron chi connectivity index (χ3n) is 3.41. The molecule has 0 radical (unpaired) electrons. The van der Waals surface area contributed by atoms with Crippen molar-refractivity contribution in [3.8, 4) is 5.75 Å². The molecule has 0 spiro atoms. The lowest BCUT2D eigenvalue weighted by Crippen LogP contribution is -3.06. The number of phenolic OH excluding ortho intramolecular Hbond substituents is 1. The largest absolute Gasteiger partial charge is 0.507 e. The molecule has 2 aromatic carbocycles. The van der Waals surface area contributed by atoms with E-state index in [2.05, 4.69) is 31.2 Å². The quantitative estimate of drug-likeness (QED) is 0.818. The smallest absolute Gasteiger partial charge is 0.132 e. The Morgan fingerprint density at radius 3 is 2.57 bits per heavy atom. The van der Waals surface area contributed by atoms with Gasteiger partial charge in [-0.1, -0.05) is 41.9 Å². The van der Waals surface area contributed by atoms with Gasteiger partial charge in [-0.3, -0.25) is 4.99 Å². The first-order valence-corrected chi connectivity index (χ1v) is 7.29. The monoisotopic (exact) mass is 303 g/mol. The van der Waals surface area contributed by atoms with E-state index in [0.717, 1.165) is 0 Å². The summed E-state index contributed by atoms with van der Waals surface area (Å²) in [7, 11) is 4.23. The van der Waals surface area contributed by atoms with Crippen molar-refractivity contribution in [3.05, 3.63) is 64.7 Å². The van der Waals surface area contributed by atoms with Gasteiger partial charge in [-0.05, 0) is 18.2 Å². The van der Waals surface area contributed by atoms with Crippen molar-refractivity contribution in [3.63, 3.8) is 0 Å². The summed E-state index contributed by atoms with van der Waals surface area (Å²) < 4.78 is 0. The van der Waals surface area contributed by atoms with E-state index in [1.54, 1.807) is 24.4 Å². The van der Waals surface area contributed by atoms with Gasteiger partial charge in [0.15, 0.2) is 0 Å². The molecule has 0 saturated heterocycles. The van der Waals surface area contributed by atoms with E-state index in [1.165, 1.54) is 10.5 Å². The van der Waals surface area contributed by atoms with Gasteiger partial charge in [0.2, 0.25) is 0 Å². The lowest BCUT2D eigenvalue weighted by atomic mass is 10.1.